The van der Waals surface area contributed by atoms with Gasteiger partial charge in [0.25, 0.3) is 0 Å². The Morgan fingerprint density at radius 3 is 2.21 bits per heavy atom. The Morgan fingerprint density at radius 2 is 1.52 bits per heavy atom. The van der Waals surface area contributed by atoms with Gasteiger partial charge >= 0.3 is 0 Å². The van der Waals surface area contributed by atoms with E-state index in [1.807, 2.05) is 12.1 Å². The van der Waals surface area contributed by atoms with Gasteiger partial charge in [-0.15, -0.1) is 0 Å². The van der Waals surface area contributed by atoms with Crippen LogP contribution in [0.1, 0.15) is 42.1 Å². The van der Waals surface area contributed by atoms with Gasteiger partial charge in [-0.05, 0) is 78.8 Å². The van der Waals surface area contributed by atoms with E-state index < -0.39 is 6.10 Å². The van der Waals surface area contributed by atoms with Crippen molar-refractivity contribution in [2.75, 3.05) is 19.9 Å². The third-order valence-corrected chi connectivity index (χ3v) is 6.32. The number of piperidine rings is 1. The maximum absolute atomic E-state index is 13.6. The van der Waals surface area contributed by atoms with Crippen molar-refractivity contribution in [1.82, 2.24) is 4.90 Å². The normalized spacial score (nSPS) is 18.1. The molecule has 4 nitrogen and oxygen atoms in total. The summed E-state index contributed by atoms with van der Waals surface area (Å²) in [5, 5.41) is 0. The van der Waals surface area contributed by atoms with E-state index in [-0.39, 0.29) is 24.7 Å². The Balaban J connectivity index is 1.33. The molecule has 1 unspecified atom stereocenters. The van der Waals surface area contributed by atoms with Gasteiger partial charge in [0.05, 0.1) is 0 Å². The molecule has 33 heavy (non-hydrogen) atoms. The van der Waals surface area contributed by atoms with Gasteiger partial charge in [0.15, 0.2) is 11.5 Å². The quantitative estimate of drug-likeness (QED) is 0.451. The zero-order valence-electron chi connectivity index (χ0n) is 18.4. The fourth-order valence-electron chi connectivity index (χ4n) is 4.52. The van der Waals surface area contributed by atoms with Crippen LogP contribution >= 0.6 is 0 Å². The lowest BCUT2D eigenvalue weighted by Gasteiger charge is -2.38. The molecule has 1 saturated heterocycles. The van der Waals surface area contributed by atoms with Crippen LogP contribution in [0, 0.1) is 11.6 Å². The molecule has 3 aromatic carbocycles. The van der Waals surface area contributed by atoms with Gasteiger partial charge in [-0.3, -0.25) is 4.90 Å². The molecule has 1 atom stereocenters. The molecule has 0 aromatic heterocycles. The molecule has 5 rings (SSSR count). The van der Waals surface area contributed by atoms with E-state index in [0.717, 1.165) is 61.4 Å². The Morgan fingerprint density at radius 1 is 0.848 bits per heavy atom. The highest BCUT2D eigenvalue weighted by molar-refractivity contribution is 5.44. The van der Waals surface area contributed by atoms with Crippen molar-refractivity contribution >= 4 is 0 Å². The molecule has 2 heterocycles. The number of hydrogen-bond donors (Lipinski definition) is 0. The van der Waals surface area contributed by atoms with Crippen LogP contribution in [0.25, 0.3) is 0 Å². The predicted octanol–water partition coefficient (Wildman–Crippen LogP) is 5.85. The first kappa shape index (κ1) is 21.9. The number of nitrogens with zero attached hydrogens (tertiary/aromatic N) is 1. The summed E-state index contributed by atoms with van der Waals surface area (Å²) in [5.74, 6) is 1.00. The van der Waals surface area contributed by atoms with Crippen LogP contribution in [-0.4, -0.2) is 31.0 Å². The van der Waals surface area contributed by atoms with Crippen LogP contribution in [0.5, 0.6) is 11.5 Å². The summed E-state index contributed by atoms with van der Waals surface area (Å²) in [6, 6.07) is 18.8. The summed E-state index contributed by atoms with van der Waals surface area (Å²) in [7, 11) is 0. The molecule has 0 radical (unpaired) electrons. The highest BCUT2D eigenvalue weighted by atomic mass is 19.1. The monoisotopic (exact) mass is 451 g/mol. The molecule has 1 fully saturated rings. The lowest BCUT2D eigenvalue weighted by atomic mass is 10.0. The largest absolute Gasteiger partial charge is 0.454 e. The first-order chi connectivity index (χ1) is 16.2. The van der Waals surface area contributed by atoms with Crippen LogP contribution < -0.4 is 9.47 Å². The average molecular weight is 452 g/mol. The van der Waals surface area contributed by atoms with Gasteiger partial charge in [-0.1, -0.05) is 30.3 Å². The summed E-state index contributed by atoms with van der Waals surface area (Å²) in [5.41, 5.74) is 2.89. The molecule has 172 valence electrons. The summed E-state index contributed by atoms with van der Waals surface area (Å²) in [6.07, 6.45) is 3.52. The number of rotatable bonds is 7. The number of benzene rings is 3. The van der Waals surface area contributed by atoms with Crippen LogP contribution in [0.4, 0.5) is 8.78 Å². The van der Waals surface area contributed by atoms with Crippen molar-refractivity contribution in [3.8, 4) is 11.5 Å². The van der Waals surface area contributed by atoms with Crippen molar-refractivity contribution in [2.24, 2.45) is 0 Å². The van der Waals surface area contributed by atoms with E-state index >= 15 is 0 Å². The highest BCUT2D eigenvalue weighted by Gasteiger charge is 2.28. The highest BCUT2D eigenvalue weighted by Crippen LogP contribution is 2.34. The minimum absolute atomic E-state index is 0.0760. The Labute approximate surface area is 192 Å². The van der Waals surface area contributed by atoms with Gasteiger partial charge < -0.3 is 14.2 Å². The molecule has 2 aliphatic rings. The number of fused-ring (bicyclic) bond motifs is 1. The predicted molar refractivity (Wildman–Crippen MR) is 121 cm³/mol. The lowest BCUT2D eigenvalue weighted by molar-refractivity contribution is -0.105. The maximum atomic E-state index is 13.6. The van der Waals surface area contributed by atoms with Crippen molar-refractivity contribution in [3.05, 3.63) is 95.1 Å². The Kier molecular flexibility index (Phi) is 6.55. The smallest absolute Gasteiger partial charge is 0.231 e. The molecule has 6 heteroatoms. The molecule has 0 saturated carbocycles. The SMILES string of the molecule is Fc1ccc(C(OC2CCCCN2CCc2ccc3c(c2)OCO3)c2ccc(F)cc2)cc1. The van der Waals surface area contributed by atoms with Crippen LogP contribution in [0.2, 0.25) is 0 Å². The van der Waals surface area contributed by atoms with Gasteiger partial charge in [-0.25, -0.2) is 8.78 Å². The Hall–Kier alpha value is -2.96. The van der Waals surface area contributed by atoms with Crippen molar-refractivity contribution < 1.29 is 23.0 Å². The second-order valence-electron chi connectivity index (χ2n) is 8.54. The van der Waals surface area contributed by atoms with Crippen LogP contribution in [0.15, 0.2) is 66.7 Å². The Bertz CT molecular complexity index is 1030. The van der Waals surface area contributed by atoms with E-state index in [1.54, 1.807) is 24.3 Å². The molecule has 0 amide bonds. The van der Waals surface area contributed by atoms with E-state index in [9.17, 15) is 8.78 Å². The second-order valence-corrected chi connectivity index (χ2v) is 8.54. The minimum atomic E-state index is -0.401. The molecule has 0 spiro atoms. The first-order valence-corrected chi connectivity index (χ1v) is 11.4. The molecule has 0 bridgehead atoms. The number of likely N-dealkylation sites (tertiary alicyclic amines) is 1. The zero-order chi connectivity index (χ0) is 22.6. The third-order valence-electron chi connectivity index (χ3n) is 6.32. The van der Waals surface area contributed by atoms with Gasteiger partial charge in [-0.2, -0.15) is 0 Å². The van der Waals surface area contributed by atoms with E-state index in [1.165, 1.54) is 29.8 Å². The molecular formula is C27H27F2NO3. The van der Waals surface area contributed by atoms with Gasteiger partial charge in [0.1, 0.15) is 24.0 Å². The molecule has 2 aliphatic heterocycles. The lowest BCUT2D eigenvalue weighted by Crippen LogP contribution is -2.43. The van der Waals surface area contributed by atoms with Gasteiger partial charge in [0, 0.05) is 13.1 Å². The molecule has 0 N–H and O–H groups in total. The summed E-state index contributed by atoms with van der Waals surface area (Å²) >= 11 is 0. The number of halogens is 2. The molecular weight excluding hydrogens is 424 g/mol. The fraction of sp³-hybridized carbons (Fsp3) is 0.333. The van der Waals surface area contributed by atoms with Crippen molar-refractivity contribution in [2.45, 2.75) is 38.0 Å². The number of hydrogen-bond acceptors (Lipinski definition) is 4. The summed E-state index contributed by atoms with van der Waals surface area (Å²) in [4.78, 5) is 2.37. The van der Waals surface area contributed by atoms with Crippen LogP contribution in [-0.2, 0) is 11.2 Å². The first-order valence-electron chi connectivity index (χ1n) is 11.4. The zero-order valence-corrected chi connectivity index (χ0v) is 18.4. The standard InChI is InChI=1S/C27H27F2NO3/c28-22-9-5-20(6-10-22)27(21-7-11-23(29)12-8-21)33-26-3-1-2-15-30(26)16-14-19-4-13-24-25(17-19)32-18-31-24/h4-13,17,26-27H,1-3,14-16,18H2. The van der Waals surface area contributed by atoms with Crippen molar-refractivity contribution in [1.29, 1.82) is 0 Å². The van der Waals surface area contributed by atoms with E-state index in [4.69, 9.17) is 14.2 Å². The summed E-state index contributed by atoms with van der Waals surface area (Å²) in [6.45, 7) is 2.08. The average Bonchev–Trinajstić information content (AvgIpc) is 3.31. The third kappa shape index (κ3) is 5.18. The topological polar surface area (TPSA) is 30.9 Å². The molecule has 0 aliphatic carbocycles. The number of ether oxygens (including phenoxy) is 3. The maximum Gasteiger partial charge on any atom is 0.231 e. The molecule has 3 aromatic rings. The summed E-state index contributed by atoms with van der Waals surface area (Å²) < 4.78 is 44.7. The van der Waals surface area contributed by atoms with E-state index in [0.29, 0.717) is 0 Å². The van der Waals surface area contributed by atoms with Crippen molar-refractivity contribution in [3.63, 3.8) is 0 Å². The second kappa shape index (κ2) is 9.89. The fourth-order valence-corrected chi connectivity index (χ4v) is 4.52. The minimum Gasteiger partial charge on any atom is -0.454 e. The van der Waals surface area contributed by atoms with Gasteiger partial charge in [0.2, 0.25) is 6.79 Å². The van der Waals surface area contributed by atoms with Crippen LogP contribution in [0.3, 0.4) is 0 Å². The van der Waals surface area contributed by atoms with E-state index in [2.05, 4.69) is 11.0 Å².